The highest BCUT2D eigenvalue weighted by Gasteiger charge is 2.22. The number of nitrogens with one attached hydrogen (secondary N) is 1. The van der Waals surface area contributed by atoms with Crippen molar-refractivity contribution in [2.45, 2.75) is 43.5 Å². The van der Waals surface area contributed by atoms with Crippen LogP contribution < -0.4 is 10.9 Å². The number of aromatic nitrogens is 2. The molecule has 1 aromatic heterocycles. The number of anilines is 1. The molecule has 0 radical (unpaired) electrons. The van der Waals surface area contributed by atoms with Gasteiger partial charge in [0.2, 0.25) is 0 Å². The Morgan fingerprint density at radius 1 is 1.55 bits per heavy atom. The van der Waals surface area contributed by atoms with Gasteiger partial charge in [-0.25, -0.2) is 4.68 Å². The Morgan fingerprint density at radius 3 is 2.85 bits per heavy atom. The van der Waals surface area contributed by atoms with Crippen molar-refractivity contribution < 1.29 is 0 Å². The first-order chi connectivity index (χ1) is 9.65. The number of hydrogen-bond acceptors (Lipinski definition) is 4. The molecule has 0 aliphatic heterocycles. The van der Waals surface area contributed by atoms with E-state index < -0.39 is 0 Å². The molecule has 0 bridgehead atoms. The predicted molar refractivity (Wildman–Crippen MR) is 85.5 cm³/mol. The monoisotopic (exact) mass is 311 g/mol. The van der Waals surface area contributed by atoms with E-state index in [-0.39, 0.29) is 12.1 Å². The topological polar surface area (TPSA) is 46.9 Å². The molecule has 0 spiro atoms. The van der Waals surface area contributed by atoms with Crippen LogP contribution in [0.3, 0.4) is 0 Å². The van der Waals surface area contributed by atoms with Crippen molar-refractivity contribution >= 4 is 29.1 Å². The lowest BCUT2D eigenvalue weighted by atomic mass is 9.95. The molecule has 0 aromatic carbocycles. The molecule has 6 heteroatoms. The second kappa shape index (κ2) is 7.05. The van der Waals surface area contributed by atoms with Gasteiger partial charge >= 0.3 is 0 Å². The molecule has 108 valence electrons. The first kappa shape index (κ1) is 15.3. The normalized spacial score (nSPS) is 22.2. The summed E-state index contributed by atoms with van der Waals surface area (Å²) in [5.41, 5.74) is 0.173. The molecule has 0 amide bonds. The van der Waals surface area contributed by atoms with Gasteiger partial charge in [-0.2, -0.15) is 16.9 Å². The molecule has 1 aliphatic carbocycles. The van der Waals surface area contributed by atoms with Gasteiger partial charge in [0.25, 0.3) is 5.56 Å². The highest BCUT2D eigenvalue weighted by molar-refractivity contribution is 7.99. The van der Waals surface area contributed by atoms with Crippen LogP contribution in [0.5, 0.6) is 0 Å². The summed E-state index contributed by atoms with van der Waals surface area (Å²) in [6.45, 7) is 0.157. The third-order valence-electron chi connectivity index (χ3n) is 3.59. The molecule has 0 unspecified atom stereocenters. The molecular weight excluding hydrogens is 294 g/mol. The fourth-order valence-electron chi connectivity index (χ4n) is 2.45. The molecule has 2 rings (SSSR count). The molecule has 1 fully saturated rings. The minimum atomic E-state index is -0.248. The Bertz CT molecular complexity index is 559. The summed E-state index contributed by atoms with van der Waals surface area (Å²) < 4.78 is 1.25. The van der Waals surface area contributed by atoms with E-state index in [9.17, 15) is 4.79 Å². The standard InChI is InChI=1S/C14H18ClN3OS/c1-3-8-18-14(19)13(12(15)9-16-18)17-10-4-6-11(20-2)7-5-10/h1,9-11,17H,4-8H2,2H3. The highest BCUT2D eigenvalue weighted by Crippen LogP contribution is 2.29. The van der Waals surface area contributed by atoms with E-state index >= 15 is 0 Å². The predicted octanol–water partition coefficient (Wildman–Crippen LogP) is 2.62. The van der Waals surface area contributed by atoms with Gasteiger partial charge in [0, 0.05) is 11.3 Å². The third kappa shape index (κ3) is 3.50. The van der Waals surface area contributed by atoms with Crippen molar-refractivity contribution in [3.8, 4) is 12.3 Å². The number of hydrogen-bond donors (Lipinski definition) is 1. The van der Waals surface area contributed by atoms with Crippen LogP contribution in [0.2, 0.25) is 5.02 Å². The summed E-state index contributed by atoms with van der Waals surface area (Å²) in [5, 5.41) is 8.30. The molecule has 1 saturated carbocycles. The zero-order chi connectivity index (χ0) is 14.5. The second-order valence-electron chi connectivity index (χ2n) is 4.89. The summed E-state index contributed by atoms with van der Waals surface area (Å²) in [5.74, 6) is 2.42. The van der Waals surface area contributed by atoms with E-state index in [0.29, 0.717) is 16.8 Å². The van der Waals surface area contributed by atoms with E-state index in [2.05, 4.69) is 22.6 Å². The molecule has 4 nitrogen and oxygen atoms in total. The van der Waals surface area contributed by atoms with E-state index in [4.69, 9.17) is 18.0 Å². The molecule has 1 aromatic rings. The number of terminal acetylenes is 1. The SMILES string of the molecule is C#CCn1ncc(Cl)c(NC2CCC(SC)CC2)c1=O. The van der Waals surface area contributed by atoms with Gasteiger partial charge in [-0.1, -0.05) is 17.5 Å². The minimum Gasteiger partial charge on any atom is -0.377 e. The summed E-state index contributed by atoms with van der Waals surface area (Å²) >= 11 is 8.00. The molecule has 1 heterocycles. The van der Waals surface area contributed by atoms with Crippen LogP contribution in [-0.4, -0.2) is 27.3 Å². The molecule has 1 aliphatic rings. The average Bonchev–Trinajstić information content (AvgIpc) is 2.47. The Balaban J connectivity index is 2.12. The largest absolute Gasteiger partial charge is 0.377 e. The fraction of sp³-hybridized carbons (Fsp3) is 0.571. The summed E-state index contributed by atoms with van der Waals surface area (Å²) in [6.07, 6.45) is 13.3. The van der Waals surface area contributed by atoms with Crippen LogP contribution in [0.15, 0.2) is 11.0 Å². The number of thioether (sulfide) groups is 1. The van der Waals surface area contributed by atoms with E-state index in [1.54, 1.807) is 0 Å². The molecule has 0 saturated heterocycles. The molecule has 1 N–H and O–H groups in total. The Hall–Kier alpha value is -1.12. The molecular formula is C14H18ClN3OS. The van der Waals surface area contributed by atoms with Crippen molar-refractivity contribution in [3.05, 3.63) is 21.6 Å². The van der Waals surface area contributed by atoms with Gasteiger partial charge in [0.05, 0.1) is 11.2 Å². The summed E-state index contributed by atoms with van der Waals surface area (Å²) in [4.78, 5) is 12.2. The number of rotatable bonds is 4. The minimum absolute atomic E-state index is 0.157. The van der Waals surface area contributed by atoms with Gasteiger partial charge in [0.15, 0.2) is 0 Å². The maximum atomic E-state index is 12.2. The summed E-state index contributed by atoms with van der Waals surface area (Å²) in [6, 6.07) is 0.297. The lowest BCUT2D eigenvalue weighted by Gasteiger charge is -2.28. The average molecular weight is 312 g/mol. The van der Waals surface area contributed by atoms with Gasteiger partial charge in [0.1, 0.15) is 12.2 Å². The highest BCUT2D eigenvalue weighted by atomic mass is 35.5. The smallest absolute Gasteiger partial charge is 0.292 e. The number of nitrogens with zero attached hydrogens (tertiary/aromatic N) is 2. The maximum absolute atomic E-state index is 12.2. The maximum Gasteiger partial charge on any atom is 0.292 e. The van der Waals surface area contributed by atoms with Gasteiger partial charge in [-0.3, -0.25) is 4.79 Å². The van der Waals surface area contributed by atoms with Crippen LogP contribution in [0.4, 0.5) is 5.69 Å². The van der Waals surface area contributed by atoms with Crippen LogP contribution in [0.25, 0.3) is 0 Å². The lowest BCUT2D eigenvalue weighted by Crippen LogP contribution is -2.32. The molecule has 20 heavy (non-hydrogen) atoms. The van der Waals surface area contributed by atoms with Gasteiger partial charge in [-0.15, -0.1) is 6.42 Å². The quantitative estimate of drug-likeness (QED) is 0.868. The first-order valence-electron chi connectivity index (χ1n) is 6.64. The van der Waals surface area contributed by atoms with Gasteiger partial charge in [-0.05, 0) is 31.9 Å². The Kier molecular flexibility index (Phi) is 5.38. The van der Waals surface area contributed by atoms with Crippen molar-refractivity contribution in [1.82, 2.24) is 9.78 Å². The van der Waals surface area contributed by atoms with E-state index in [1.165, 1.54) is 23.7 Å². The Labute approximate surface area is 128 Å². The van der Waals surface area contributed by atoms with E-state index in [0.717, 1.165) is 18.1 Å². The zero-order valence-corrected chi connectivity index (χ0v) is 13.0. The second-order valence-corrected chi connectivity index (χ2v) is 6.43. The van der Waals surface area contributed by atoms with Crippen LogP contribution >= 0.6 is 23.4 Å². The van der Waals surface area contributed by atoms with Crippen molar-refractivity contribution in [3.63, 3.8) is 0 Å². The zero-order valence-electron chi connectivity index (χ0n) is 11.4. The third-order valence-corrected chi connectivity index (χ3v) is 5.02. The fourth-order valence-corrected chi connectivity index (χ4v) is 3.37. The Morgan fingerprint density at radius 2 is 2.25 bits per heavy atom. The van der Waals surface area contributed by atoms with E-state index in [1.807, 2.05) is 11.8 Å². The lowest BCUT2D eigenvalue weighted by molar-refractivity contribution is 0.472. The van der Waals surface area contributed by atoms with Crippen LogP contribution in [-0.2, 0) is 6.54 Å². The van der Waals surface area contributed by atoms with Gasteiger partial charge < -0.3 is 5.32 Å². The van der Waals surface area contributed by atoms with Crippen LogP contribution in [0, 0.1) is 12.3 Å². The molecule has 0 atom stereocenters. The van der Waals surface area contributed by atoms with Crippen LogP contribution in [0.1, 0.15) is 25.7 Å². The van der Waals surface area contributed by atoms with Crippen molar-refractivity contribution in [1.29, 1.82) is 0 Å². The summed E-state index contributed by atoms with van der Waals surface area (Å²) in [7, 11) is 0. The first-order valence-corrected chi connectivity index (χ1v) is 8.30. The van der Waals surface area contributed by atoms with Crippen molar-refractivity contribution in [2.75, 3.05) is 11.6 Å². The van der Waals surface area contributed by atoms with Crippen molar-refractivity contribution in [2.24, 2.45) is 0 Å². The number of halogens is 1.